The summed E-state index contributed by atoms with van der Waals surface area (Å²) in [6.45, 7) is 2.98. The van der Waals surface area contributed by atoms with Gasteiger partial charge in [0.05, 0.1) is 30.6 Å². The molecule has 1 aliphatic heterocycles. The smallest absolute Gasteiger partial charge is 0.259 e. The highest BCUT2D eigenvalue weighted by Crippen LogP contribution is 2.39. The number of nitrogens with zero attached hydrogens (tertiary/aromatic N) is 3. The van der Waals surface area contributed by atoms with Gasteiger partial charge in [-0.05, 0) is 29.8 Å². The molecule has 8 heteroatoms. The van der Waals surface area contributed by atoms with E-state index in [0.717, 1.165) is 40.3 Å². The Hall–Kier alpha value is -3.49. The molecule has 4 aromatic rings. The minimum absolute atomic E-state index is 0.245. The number of hydrogen-bond acceptors (Lipinski definition) is 7. The molecule has 162 valence electrons. The summed E-state index contributed by atoms with van der Waals surface area (Å²) in [5.41, 5.74) is 3.35. The Bertz CT molecular complexity index is 1240. The number of hydrogen-bond donors (Lipinski definition) is 1. The van der Waals surface area contributed by atoms with Crippen LogP contribution in [-0.2, 0) is 4.74 Å². The van der Waals surface area contributed by atoms with Crippen molar-refractivity contribution >= 4 is 38.4 Å². The van der Waals surface area contributed by atoms with Crippen LogP contribution in [0.4, 0.5) is 10.9 Å². The largest absolute Gasteiger partial charge is 0.494 e. The second-order valence-electron chi connectivity index (χ2n) is 7.34. The van der Waals surface area contributed by atoms with Crippen LogP contribution in [-0.4, -0.2) is 49.3 Å². The Kier molecular flexibility index (Phi) is 5.70. The number of rotatable bonds is 5. The maximum absolute atomic E-state index is 12.8. The van der Waals surface area contributed by atoms with Gasteiger partial charge in [-0.25, -0.2) is 9.97 Å². The zero-order valence-electron chi connectivity index (χ0n) is 17.6. The first-order valence-corrected chi connectivity index (χ1v) is 11.2. The van der Waals surface area contributed by atoms with Gasteiger partial charge in [0.25, 0.3) is 5.91 Å². The molecule has 0 bridgehead atoms. The van der Waals surface area contributed by atoms with Crippen molar-refractivity contribution in [2.75, 3.05) is 43.6 Å². The zero-order valence-corrected chi connectivity index (χ0v) is 18.4. The number of methoxy groups -OCH3 is 1. The normalized spacial score (nSPS) is 13.8. The van der Waals surface area contributed by atoms with Crippen molar-refractivity contribution in [3.05, 3.63) is 66.4 Å². The molecule has 1 N–H and O–H groups in total. The molecule has 1 amide bonds. The molecule has 7 nitrogen and oxygen atoms in total. The summed E-state index contributed by atoms with van der Waals surface area (Å²) in [6.07, 6.45) is 1.60. The predicted molar refractivity (Wildman–Crippen MR) is 127 cm³/mol. The maximum Gasteiger partial charge on any atom is 0.259 e. The van der Waals surface area contributed by atoms with E-state index in [4.69, 9.17) is 9.47 Å². The lowest BCUT2D eigenvalue weighted by Gasteiger charge is -2.27. The number of ether oxygens (including phenoxy) is 2. The predicted octanol–water partition coefficient (Wildman–Crippen LogP) is 4.46. The zero-order chi connectivity index (χ0) is 21.9. The lowest BCUT2D eigenvalue weighted by atomic mass is 10.1. The molecule has 1 saturated heterocycles. The molecule has 0 unspecified atom stereocenters. The molecule has 0 spiro atoms. The van der Waals surface area contributed by atoms with E-state index in [0.29, 0.717) is 29.7 Å². The van der Waals surface area contributed by atoms with E-state index < -0.39 is 0 Å². The van der Waals surface area contributed by atoms with Crippen molar-refractivity contribution in [1.29, 1.82) is 0 Å². The lowest BCUT2D eigenvalue weighted by molar-refractivity contribution is 0.102. The summed E-state index contributed by atoms with van der Waals surface area (Å²) in [5.74, 6) is 1.28. The van der Waals surface area contributed by atoms with E-state index in [2.05, 4.69) is 32.3 Å². The average Bonchev–Trinajstić information content (AvgIpc) is 3.28. The molecule has 2 aromatic heterocycles. The monoisotopic (exact) mass is 446 g/mol. The van der Waals surface area contributed by atoms with Gasteiger partial charge in [-0.15, -0.1) is 0 Å². The third kappa shape index (κ3) is 4.02. The van der Waals surface area contributed by atoms with Crippen LogP contribution >= 0.6 is 11.3 Å². The molecule has 1 fully saturated rings. The Morgan fingerprint density at radius 1 is 1.09 bits per heavy atom. The van der Waals surface area contributed by atoms with E-state index in [9.17, 15) is 4.79 Å². The van der Waals surface area contributed by atoms with E-state index >= 15 is 0 Å². The number of pyridine rings is 1. The second kappa shape index (κ2) is 8.94. The molecule has 0 saturated carbocycles. The highest BCUT2D eigenvalue weighted by atomic mass is 32.1. The molecule has 0 atom stereocenters. The Morgan fingerprint density at radius 2 is 1.91 bits per heavy atom. The molecule has 32 heavy (non-hydrogen) atoms. The third-order valence-electron chi connectivity index (χ3n) is 5.38. The number of carbonyl (C=O) groups is 1. The first-order chi connectivity index (χ1) is 15.7. The van der Waals surface area contributed by atoms with Gasteiger partial charge >= 0.3 is 0 Å². The molecular formula is C24H22N4O3S. The molecular weight excluding hydrogens is 424 g/mol. The van der Waals surface area contributed by atoms with Crippen molar-refractivity contribution < 1.29 is 14.3 Å². The van der Waals surface area contributed by atoms with Gasteiger partial charge in [0.1, 0.15) is 17.1 Å². The number of fused-ring (bicyclic) bond motifs is 1. The topological polar surface area (TPSA) is 76.6 Å². The number of nitrogens with one attached hydrogen (secondary N) is 1. The molecule has 2 aromatic carbocycles. The Morgan fingerprint density at radius 3 is 2.62 bits per heavy atom. The summed E-state index contributed by atoms with van der Waals surface area (Å²) in [4.78, 5) is 24.1. The van der Waals surface area contributed by atoms with E-state index in [1.165, 1.54) is 11.3 Å². The minimum Gasteiger partial charge on any atom is -0.494 e. The first-order valence-electron chi connectivity index (χ1n) is 10.4. The van der Waals surface area contributed by atoms with Crippen LogP contribution in [0.2, 0.25) is 0 Å². The van der Waals surface area contributed by atoms with E-state index in [1.807, 2.05) is 36.4 Å². The quantitative estimate of drug-likeness (QED) is 0.488. The number of aromatic nitrogens is 2. The summed E-state index contributed by atoms with van der Waals surface area (Å²) in [5, 5.41) is 3.43. The number of amides is 1. The van der Waals surface area contributed by atoms with Crippen molar-refractivity contribution in [2.24, 2.45) is 0 Å². The first kappa shape index (κ1) is 20.4. The van der Waals surface area contributed by atoms with Crippen LogP contribution in [0.1, 0.15) is 10.4 Å². The van der Waals surface area contributed by atoms with Crippen LogP contribution in [0.5, 0.6) is 5.75 Å². The molecule has 5 rings (SSSR count). The summed E-state index contributed by atoms with van der Waals surface area (Å²) in [6, 6.07) is 17.7. The van der Waals surface area contributed by atoms with Gasteiger partial charge in [0.2, 0.25) is 0 Å². The van der Waals surface area contributed by atoms with Crippen LogP contribution < -0.4 is 15.0 Å². The highest BCUT2D eigenvalue weighted by molar-refractivity contribution is 7.23. The lowest BCUT2D eigenvalue weighted by Crippen LogP contribution is -2.36. The van der Waals surface area contributed by atoms with Crippen molar-refractivity contribution in [2.45, 2.75) is 0 Å². The molecule has 3 heterocycles. The molecule has 0 aliphatic carbocycles. The van der Waals surface area contributed by atoms with Gasteiger partial charge in [-0.2, -0.15) is 0 Å². The van der Waals surface area contributed by atoms with Crippen LogP contribution in [0, 0.1) is 0 Å². The van der Waals surface area contributed by atoms with Crippen molar-refractivity contribution in [3.63, 3.8) is 0 Å². The fourth-order valence-corrected chi connectivity index (χ4v) is 4.73. The van der Waals surface area contributed by atoms with Crippen LogP contribution in [0.25, 0.3) is 21.3 Å². The number of anilines is 2. The van der Waals surface area contributed by atoms with Gasteiger partial charge in [-0.1, -0.05) is 41.7 Å². The summed E-state index contributed by atoms with van der Waals surface area (Å²) in [7, 11) is 1.62. The Balaban J connectivity index is 1.40. The fraction of sp³-hybridized carbons (Fsp3) is 0.208. The highest BCUT2D eigenvalue weighted by Gasteiger charge is 2.17. The number of morpholine rings is 1. The third-order valence-corrected chi connectivity index (χ3v) is 6.38. The summed E-state index contributed by atoms with van der Waals surface area (Å²) >= 11 is 1.43. The number of carbonyl (C=O) groups excluding carboxylic acids is 1. The molecule has 0 radical (unpaired) electrons. The van der Waals surface area contributed by atoms with E-state index in [-0.39, 0.29) is 5.91 Å². The summed E-state index contributed by atoms with van der Waals surface area (Å²) < 4.78 is 11.8. The van der Waals surface area contributed by atoms with Crippen LogP contribution in [0.3, 0.4) is 0 Å². The SMILES string of the molecule is COc1ccc(-c2ccccc2)c2sc(NC(=O)c3ccc(N4CCOCC4)nc3)nc12. The average molecular weight is 447 g/mol. The van der Waals surface area contributed by atoms with Gasteiger partial charge in [-0.3, -0.25) is 10.1 Å². The van der Waals surface area contributed by atoms with Crippen LogP contribution in [0.15, 0.2) is 60.8 Å². The second-order valence-corrected chi connectivity index (χ2v) is 8.34. The minimum atomic E-state index is -0.245. The Labute approximate surface area is 189 Å². The number of thiazole rings is 1. The van der Waals surface area contributed by atoms with Gasteiger partial charge in [0.15, 0.2) is 5.13 Å². The molecule has 1 aliphatic rings. The maximum atomic E-state index is 12.8. The van der Waals surface area contributed by atoms with Crippen molar-refractivity contribution in [3.8, 4) is 16.9 Å². The van der Waals surface area contributed by atoms with Gasteiger partial charge < -0.3 is 14.4 Å². The van der Waals surface area contributed by atoms with E-state index in [1.54, 1.807) is 19.4 Å². The van der Waals surface area contributed by atoms with Crippen molar-refractivity contribution in [1.82, 2.24) is 9.97 Å². The fourth-order valence-electron chi connectivity index (χ4n) is 3.72. The standard InChI is InChI=1S/C24H22N4O3S/c1-30-19-9-8-18(16-5-3-2-4-6-16)22-21(19)26-24(32-22)27-23(29)17-7-10-20(25-15-17)28-11-13-31-14-12-28/h2-10,15H,11-14H2,1H3,(H,26,27,29). The number of benzene rings is 2. The van der Waals surface area contributed by atoms with Gasteiger partial charge in [0, 0.05) is 24.8 Å².